The van der Waals surface area contributed by atoms with Gasteiger partial charge in [0.25, 0.3) is 0 Å². The lowest BCUT2D eigenvalue weighted by molar-refractivity contribution is -0.930. The van der Waals surface area contributed by atoms with Gasteiger partial charge in [-0.2, -0.15) is 0 Å². The van der Waals surface area contributed by atoms with Crippen LogP contribution in [0.5, 0.6) is 0 Å². The number of aliphatic hydroxyl groups is 1. The third kappa shape index (κ3) is 8.45. The molecule has 2 nitrogen and oxygen atoms in total. The Kier molecular flexibility index (Phi) is 11.3. The van der Waals surface area contributed by atoms with Crippen LogP contribution in [-0.4, -0.2) is 57.5 Å². The van der Waals surface area contributed by atoms with Gasteiger partial charge in [-0.05, 0) is 61.2 Å². The van der Waals surface area contributed by atoms with Crippen LogP contribution in [0.1, 0.15) is 79.1 Å². The first-order chi connectivity index (χ1) is 13.2. The number of quaternary nitrogens is 1. The predicted molar refractivity (Wildman–Crippen MR) is 135 cm³/mol. The minimum absolute atomic E-state index is 0.334. The minimum atomic E-state index is 0.334. The standard InChI is InChI=1S/C22H44NOS4/c1-16(2)25-28-22-11-7-10-21(23(22,5)6)15-20-14-19(20)13-18(4)27-26-17(3)9-8-12-24/h16-22,24H,7-15H2,1-6H3/q+1/t17?,18?,19-,20?,21?,22?/m0/s1. The highest BCUT2D eigenvalue weighted by atomic mass is 33.1. The molecule has 28 heavy (non-hydrogen) atoms. The summed E-state index contributed by atoms with van der Waals surface area (Å²) in [7, 11) is 13.4. The fraction of sp³-hybridized carbons (Fsp3) is 1.00. The van der Waals surface area contributed by atoms with Gasteiger partial charge in [0, 0.05) is 35.2 Å². The van der Waals surface area contributed by atoms with Crippen molar-refractivity contribution < 1.29 is 9.59 Å². The molecule has 0 amide bonds. The summed E-state index contributed by atoms with van der Waals surface area (Å²) >= 11 is 0. The molecule has 2 aliphatic rings. The third-order valence-electron chi connectivity index (χ3n) is 6.46. The van der Waals surface area contributed by atoms with Crippen molar-refractivity contribution in [1.82, 2.24) is 0 Å². The van der Waals surface area contributed by atoms with Crippen LogP contribution in [0, 0.1) is 11.8 Å². The van der Waals surface area contributed by atoms with Gasteiger partial charge >= 0.3 is 0 Å². The molecule has 0 radical (unpaired) electrons. The van der Waals surface area contributed by atoms with Gasteiger partial charge in [-0.3, -0.25) is 0 Å². The van der Waals surface area contributed by atoms with Gasteiger partial charge in [0.1, 0.15) is 5.37 Å². The van der Waals surface area contributed by atoms with Crippen molar-refractivity contribution in [2.75, 3.05) is 20.7 Å². The Balaban J connectivity index is 1.70. The second-order valence-electron chi connectivity index (χ2n) is 9.82. The highest BCUT2D eigenvalue weighted by Gasteiger charge is 2.46. The van der Waals surface area contributed by atoms with Crippen LogP contribution in [0.4, 0.5) is 0 Å². The minimum Gasteiger partial charge on any atom is -0.396 e. The molecule has 166 valence electrons. The molecule has 1 aliphatic carbocycles. The van der Waals surface area contributed by atoms with Crippen LogP contribution < -0.4 is 0 Å². The average Bonchev–Trinajstić information content (AvgIpc) is 3.35. The Hall–Kier alpha value is 1.32. The van der Waals surface area contributed by atoms with Crippen LogP contribution in [0.2, 0.25) is 0 Å². The molecule has 2 fully saturated rings. The lowest BCUT2D eigenvalue weighted by Crippen LogP contribution is -2.56. The van der Waals surface area contributed by atoms with Crippen LogP contribution in [0.15, 0.2) is 0 Å². The van der Waals surface area contributed by atoms with Crippen LogP contribution in [0.25, 0.3) is 0 Å². The zero-order valence-electron chi connectivity index (χ0n) is 18.9. The van der Waals surface area contributed by atoms with E-state index >= 15 is 0 Å². The second-order valence-corrected chi connectivity index (χ2v) is 16.0. The monoisotopic (exact) mass is 466 g/mol. The third-order valence-corrected chi connectivity index (χ3v) is 13.6. The summed E-state index contributed by atoms with van der Waals surface area (Å²) < 4.78 is 1.23. The number of piperidine rings is 1. The van der Waals surface area contributed by atoms with E-state index in [1.165, 1.54) is 43.0 Å². The van der Waals surface area contributed by atoms with Crippen molar-refractivity contribution >= 4 is 43.2 Å². The van der Waals surface area contributed by atoms with Gasteiger partial charge in [0.05, 0.1) is 20.1 Å². The summed E-state index contributed by atoms with van der Waals surface area (Å²) in [5, 5.41) is 11.9. The summed E-state index contributed by atoms with van der Waals surface area (Å²) in [4.78, 5) is 0. The summed E-state index contributed by atoms with van der Waals surface area (Å²) in [6.45, 7) is 9.69. The van der Waals surface area contributed by atoms with E-state index in [4.69, 9.17) is 5.11 Å². The molecule has 0 spiro atoms. The molecule has 2 rings (SSSR count). The van der Waals surface area contributed by atoms with Crippen molar-refractivity contribution in [2.45, 2.75) is 106 Å². The predicted octanol–water partition coefficient (Wildman–Crippen LogP) is 7.08. The molecule has 1 saturated carbocycles. The Morgan fingerprint density at radius 1 is 0.964 bits per heavy atom. The Bertz CT molecular complexity index is 448. The number of rotatable bonds is 13. The fourth-order valence-corrected chi connectivity index (χ4v) is 10.1. The Labute approximate surface area is 190 Å². The number of hydrogen-bond acceptors (Lipinski definition) is 5. The number of likely N-dealkylation sites (tertiary alicyclic amines) is 1. The van der Waals surface area contributed by atoms with Crippen molar-refractivity contribution in [2.24, 2.45) is 11.8 Å². The summed E-state index contributed by atoms with van der Waals surface area (Å²) in [5.74, 6) is 1.97. The van der Waals surface area contributed by atoms with Crippen LogP contribution in [-0.2, 0) is 0 Å². The molecule has 0 bridgehead atoms. The van der Waals surface area contributed by atoms with E-state index in [-0.39, 0.29) is 0 Å². The van der Waals surface area contributed by atoms with E-state index in [1.807, 2.05) is 10.8 Å². The lowest BCUT2D eigenvalue weighted by Gasteiger charge is -2.47. The van der Waals surface area contributed by atoms with Gasteiger partial charge in [0.15, 0.2) is 0 Å². The largest absolute Gasteiger partial charge is 0.396 e. The highest BCUT2D eigenvalue weighted by molar-refractivity contribution is 8.77. The summed E-state index contributed by atoms with van der Waals surface area (Å²) in [6, 6.07) is 0.866. The second kappa shape index (κ2) is 12.4. The molecule has 1 saturated heterocycles. The highest BCUT2D eigenvalue weighted by Crippen LogP contribution is 2.51. The molecule has 6 heteroatoms. The van der Waals surface area contributed by atoms with E-state index in [9.17, 15) is 0 Å². The van der Waals surface area contributed by atoms with E-state index in [1.54, 1.807) is 0 Å². The Morgan fingerprint density at radius 3 is 2.36 bits per heavy atom. The van der Waals surface area contributed by atoms with Crippen LogP contribution >= 0.6 is 43.2 Å². The number of aliphatic hydroxyl groups excluding tert-OH is 1. The van der Waals surface area contributed by atoms with E-state index in [2.05, 4.69) is 74.2 Å². The summed E-state index contributed by atoms with van der Waals surface area (Å²) in [6.07, 6.45) is 10.7. The van der Waals surface area contributed by atoms with Gasteiger partial charge in [0.2, 0.25) is 0 Å². The molecule has 5 unspecified atom stereocenters. The van der Waals surface area contributed by atoms with Crippen molar-refractivity contribution in [3.8, 4) is 0 Å². The zero-order valence-corrected chi connectivity index (χ0v) is 22.2. The maximum Gasteiger partial charge on any atom is 0.145 e. The molecular weight excluding hydrogens is 423 g/mol. The molecule has 0 aromatic rings. The number of nitrogens with zero attached hydrogens (tertiary/aromatic N) is 1. The van der Waals surface area contributed by atoms with Crippen molar-refractivity contribution in [3.05, 3.63) is 0 Å². The van der Waals surface area contributed by atoms with Crippen molar-refractivity contribution in [1.29, 1.82) is 0 Å². The fourth-order valence-electron chi connectivity index (χ4n) is 4.47. The molecule has 1 N–H and O–H groups in total. The van der Waals surface area contributed by atoms with Gasteiger partial charge < -0.3 is 9.59 Å². The quantitative estimate of drug-likeness (QED) is 0.230. The maximum atomic E-state index is 8.97. The van der Waals surface area contributed by atoms with Gasteiger partial charge in [-0.1, -0.05) is 60.1 Å². The smallest absolute Gasteiger partial charge is 0.145 e. The normalized spacial score (nSPS) is 31.7. The molecule has 0 aromatic heterocycles. The molecule has 6 atom stereocenters. The average molecular weight is 467 g/mol. The van der Waals surface area contributed by atoms with Gasteiger partial charge in [-0.15, -0.1) is 0 Å². The lowest BCUT2D eigenvalue weighted by atomic mass is 9.94. The first-order valence-electron chi connectivity index (χ1n) is 11.3. The summed E-state index contributed by atoms with van der Waals surface area (Å²) in [5.41, 5.74) is 0. The molecule has 1 aliphatic heterocycles. The van der Waals surface area contributed by atoms with Gasteiger partial charge in [-0.25, -0.2) is 0 Å². The molecular formula is C22H44NOS4+. The molecule has 1 heterocycles. The van der Waals surface area contributed by atoms with E-state index in [0.717, 1.165) is 46.6 Å². The first kappa shape index (κ1) is 25.6. The van der Waals surface area contributed by atoms with E-state index < -0.39 is 0 Å². The van der Waals surface area contributed by atoms with Crippen LogP contribution in [0.3, 0.4) is 0 Å². The Morgan fingerprint density at radius 2 is 1.68 bits per heavy atom. The first-order valence-corrected chi connectivity index (χ1v) is 15.9. The van der Waals surface area contributed by atoms with E-state index in [0.29, 0.717) is 11.9 Å². The maximum absolute atomic E-state index is 8.97. The van der Waals surface area contributed by atoms with Crippen molar-refractivity contribution in [3.63, 3.8) is 0 Å². The molecule has 0 aromatic carbocycles. The number of hydrogen-bond donors (Lipinski definition) is 1. The SMILES string of the molecule is CC(C)SSC1CCCC(CC2C[C@@H]2CC(C)SSC(C)CCCO)[N+]1(C)C. The zero-order chi connectivity index (χ0) is 20.7. The topological polar surface area (TPSA) is 20.2 Å².